The Bertz CT molecular complexity index is 1210. The predicted molar refractivity (Wildman–Crippen MR) is 124 cm³/mol. The first-order valence-corrected chi connectivity index (χ1v) is 10.8. The van der Waals surface area contributed by atoms with E-state index in [4.69, 9.17) is 10.2 Å². The molecule has 3 rings (SSSR count). The highest BCUT2D eigenvalue weighted by Gasteiger charge is 2.45. The summed E-state index contributed by atoms with van der Waals surface area (Å²) in [7, 11) is 0. The van der Waals surface area contributed by atoms with Gasteiger partial charge in [0.25, 0.3) is 17.2 Å². The molecule has 0 aliphatic rings. The van der Waals surface area contributed by atoms with E-state index in [9.17, 15) is 19.8 Å². The maximum atomic E-state index is 13.0. The van der Waals surface area contributed by atoms with Gasteiger partial charge >= 0.3 is 0 Å². The summed E-state index contributed by atoms with van der Waals surface area (Å²) in [6.45, 7) is 8.45. The zero-order valence-corrected chi connectivity index (χ0v) is 19.8. The van der Waals surface area contributed by atoms with E-state index in [1.54, 1.807) is 38.1 Å². The second kappa shape index (κ2) is 9.35. The highest BCUT2D eigenvalue weighted by atomic mass is 16.5. The van der Waals surface area contributed by atoms with Crippen LogP contribution in [0.5, 0.6) is 0 Å². The SMILES string of the molecule is CC(C)[C@H](NC(=O)Cn1c(-c2ccccc2)ncc(N)c1=O)C(O)(O)c1nnc(C(C)(C)C)o1. The predicted octanol–water partition coefficient (Wildman–Crippen LogP) is 1.15. The number of carbonyl (C=O) groups excluding carboxylic acids is 1. The van der Waals surface area contributed by atoms with Crippen molar-refractivity contribution in [3.8, 4) is 11.4 Å². The molecule has 0 bridgehead atoms. The van der Waals surface area contributed by atoms with Gasteiger partial charge in [0.15, 0.2) is 0 Å². The molecule has 3 aromatic rings. The van der Waals surface area contributed by atoms with E-state index in [0.717, 1.165) is 4.57 Å². The van der Waals surface area contributed by atoms with Gasteiger partial charge in [-0.15, -0.1) is 10.2 Å². The molecule has 11 heteroatoms. The number of nitrogens with two attached hydrogens (primary N) is 1. The average molecular weight is 471 g/mol. The van der Waals surface area contributed by atoms with E-state index < -0.39 is 47.1 Å². The topological polar surface area (TPSA) is 169 Å². The zero-order chi connectivity index (χ0) is 25.3. The molecule has 5 N–H and O–H groups in total. The number of nitrogen functional groups attached to an aromatic ring is 1. The van der Waals surface area contributed by atoms with Crippen LogP contribution in [-0.4, -0.2) is 41.9 Å². The molecular weight excluding hydrogens is 440 g/mol. The van der Waals surface area contributed by atoms with Crippen LogP contribution in [0, 0.1) is 5.92 Å². The van der Waals surface area contributed by atoms with E-state index in [-0.39, 0.29) is 17.4 Å². The van der Waals surface area contributed by atoms with E-state index in [1.807, 2.05) is 26.8 Å². The molecule has 0 saturated heterocycles. The van der Waals surface area contributed by atoms with Crippen LogP contribution in [0.4, 0.5) is 5.69 Å². The highest BCUT2D eigenvalue weighted by molar-refractivity contribution is 5.77. The molecule has 11 nitrogen and oxygen atoms in total. The second-order valence-electron chi connectivity index (χ2n) is 9.47. The van der Waals surface area contributed by atoms with Crippen molar-refractivity contribution in [1.82, 2.24) is 25.1 Å². The molecule has 2 heterocycles. The Balaban J connectivity index is 1.90. The van der Waals surface area contributed by atoms with Gasteiger partial charge in [-0.1, -0.05) is 65.0 Å². The van der Waals surface area contributed by atoms with Crippen molar-refractivity contribution < 1.29 is 19.4 Å². The molecule has 2 aromatic heterocycles. The van der Waals surface area contributed by atoms with Gasteiger partial charge in [-0.05, 0) is 5.92 Å². The Kier molecular flexibility index (Phi) is 6.89. The fourth-order valence-electron chi connectivity index (χ4n) is 3.37. The van der Waals surface area contributed by atoms with Crippen LogP contribution >= 0.6 is 0 Å². The Morgan fingerprint density at radius 1 is 1.15 bits per heavy atom. The summed E-state index contributed by atoms with van der Waals surface area (Å²) in [5.74, 6) is -3.73. The molecule has 0 saturated carbocycles. The standard InChI is InChI=1S/C23H30N6O5/c1-13(2)17(23(32,33)21-28-27-20(34-21)22(3,4)5)26-16(30)12-29-18(14-9-7-6-8-10-14)25-11-15(24)19(29)31/h6-11,13,17,32-33H,12,24H2,1-5H3,(H,26,30)/t17-/m0/s1. The molecule has 0 aliphatic heterocycles. The van der Waals surface area contributed by atoms with Crippen LogP contribution < -0.4 is 16.6 Å². The van der Waals surface area contributed by atoms with Crippen molar-refractivity contribution in [2.45, 2.75) is 58.4 Å². The molecule has 182 valence electrons. The number of nitrogens with zero attached hydrogens (tertiary/aromatic N) is 4. The van der Waals surface area contributed by atoms with E-state index in [2.05, 4.69) is 20.5 Å². The van der Waals surface area contributed by atoms with E-state index in [0.29, 0.717) is 5.56 Å². The number of nitrogens with one attached hydrogen (secondary N) is 1. The molecule has 1 amide bonds. The molecule has 0 unspecified atom stereocenters. The summed E-state index contributed by atoms with van der Waals surface area (Å²) in [6.07, 6.45) is 1.24. The number of anilines is 1. The van der Waals surface area contributed by atoms with Crippen LogP contribution in [0.2, 0.25) is 0 Å². The lowest BCUT2D eigenvalue weighted by Gasteiger charge is -2.32. The fraction of sp³-hybridized carbons (Fsp3) is 0.435. The van der Waals surface area contributed by atoms with Gasteiger partial charge in [0, 0.05) is 11.0 Å². The Hall–Kier alpha value is -3.57. The monoisotopic (exact) mass is 470 g/mol. The summed E-state index contributed by atoms with van der Waals surface area (Å²) in [4.78, 5) is 29.9. The Morgan fingerprint density at radius 2 is 1.76 bits per heavy atom. The summed E-state index contributed by atoms with van der Waals surface area (Å²) < 4.78 is 6.64. The van der Waals surface area contributed by atoms with Crippen molar-refractivity contribution in [2.24, 2.45) is 5.92 Å². The van der Waals surface area contributed by atoms with Crippen molar-refractivity contribution in [1.29, 1.82) is 0 Å². The minimum atomic E-state index is -2.65. The number of amides is 1. The van der Waals surface area contributed by atoms with Gasteiger partial charge < -0.3 is 25.7 Å². The minimum Gasteiger partial charge on any atom is -0.419 e. The number of aromatic nitrogens is 4. The van der Waals surface area contributed by atoms with Crippen molar-refractivity contribution in [3.05, 3.63) is 58.7 Å². The molecule has 0 spiro atoms. The average Bonchev–Trinajstić information content (AvgIpc) is 3.28. The van der Waals surface area contributed by atoms with Crippen LogP contribution in [0.15, 0.2) is 45.7 Å². The number of hydrogen-bond acceptors (Lipinski definition) is 9. The summed E-state index contributed by atoms with van der Waals surface area (Å²) in [5.41, 5.74) is 5.15. The maximum Gasteiger partial charge on any atom is 0.278 e. The van der Waals surface area contributed by atoms with Crippen LogP contribution in [0.3, 0.4) is 0 Å². The van der Waals surface area contributed by atoms with Gasteiger partial charge in [-0.25, -0.2) is 4.98 Å². The van der Waals surface area contributed by atoms with Gasteiger partial charge in [-0.3, -0.25) is 14.2 Å². The molecule has 1 aromatic carbocycles. The number of hydrogen-bond donors (Lipinski definition) is 4. The number of carbonyl (C=O) groups is 1. The fourth-order valence-corrected chi connectivity index (χ4v) is 3.37. The van der Waals surface area contributed by atoms with Gasteiger partial charge in [0.2, 0.25) is 11.8 Å². The lowest BCUT2D eigenvalue weighted by molar-refractivity contribution is -0.217. The van der Waals surface area contributed by atoms with Gasteiger partial charge in [0.1, 0.15) is 18.1 Å². The van der Waals surface area contributed by atoms with Crippen LogP contribution in [-0.2, 0) is 22.5 Å². The number of benzene rings is 1. The first kappa shape index (κ1) is 25.1. The van der Waals surface area contributed by atoms with Crippen LogP contribution in [0.1, 0.15) is 46.4 Å². The molecule has 0 radical (unpaired) electrons. The van der Waals surface area contributed by atoms with Crippen molar-refractivity contribution in [3.63, 3.8) is 0 Å². The maximum absolute atomic E-state index is 13.0. The third-order valence-corrected chi connectivity index (χ3v) is 5.21. The molecule has 0 aliphatic carbocycles. The Morgan fingerprint density at radius 3 is 2.32 bits per heavy atom. The largest absolute Gasteiger partial charge is 0.419 e. The smallest absolute Gasteiger partial charge is 0.278 e. The quantitative estimate of drug-likeness (QED) is 0.370. The highest BCUT2D eigenvalue weighted by Crippen LogP contribution is 2.29. The normalized spacial score (nSPS) is 13.2. The number of rotatable bonds is 7. The summed E-state index contributed by atoms with van der Waals surface area (Å²) in [5, 5.41) is 32.0. The lowest BCUT2D eigenvalue weighted by Crippen LogP contribution is -2.54. The molecular formula is C23H30N6O5. The first-order valence-electron chi connectivity index (χ1n) is 10.8. The van der Waals surface area contributed by atoms with E-state index >= 15 is 0 Å². The minimum absolute atomic E-state index is 0.118. The van der Waals surface area contributed by atoms with Gasteiger partial charge in [0.05, 0.1) is 12.2 Å². The Labute approximate surface area is 196 Å². The zero-order valence-electron chi connectivity index (χ0n) is 19.8. The third kappa shape index (κ3) is 5.15. The van der Waals surface area contributed by atoms with Crippen molar-refractivity contribution in [2.75, 3.05) is 5.73 Å². The summed E-state index contributed by atoms with van der Waals surface area (Å²) >= 11 is 0. The first-order chi connectivity index (χ1) is 15.8. The molecule has 0 fully saturated rings. The van der Waals surface area contributed by atoms with E-state index in [1.165, 1.54) is 6.20 Å². The third-order valence-electron chi connectivity index (χ3n) is 5.21. The summed E-state index contributed by atoms with van der Waals surface area (Å²) in [6, 6.07) is 7.64. The number of aliphatic hydroxyl groups is 2. The molecule has 1 atom stereocenters. The van der Waals surface area contributed by atoms with Crippen LogP contribution in [0.25, 0.3) is 11.4 Å². The lowest BCUT2D eigenvalue weighted by atomic mass is 9.95. The molecule has 34 heavy (non-hydrogen) atoms. The van der Waals surface area contributed by atoms with Crippen molar-refractivity contribution >= 4 is 11.6 Å². The van der Waals surface area contributed by atoms with Gasteiger partial charge in [-0.2, -0.15) is 0 Å². The second-order valence-corrected chi connectivity index (χ2v) is 9.47.